The van der Waals surface area contributed by atoms with Crippen LogP contribution in [0.25, 0.3) is 0 Å². The van der Waals surface area contributed by atoms with E-state index in [-0.39, 0.29) is 30.8 Å². The molecule has 3 rings (SSSR count). The van der Waals surface area contributed by atoms with Gasteiger partial charge >= 0.3 is 0 Å². The fourth-order valence-corrected chi connectivity index (χ4v) is 3.22. The van der Waals surface area contributed by atoms with Crippen LogP contribution in [0.2, 0.25) is 0 Å². The van der Waals surface area contributed by atoms with E-state index < -0.39 is 11.6 Å². The lowest BCUT2D eigenvalue weighted by Gasteiger charge is -2.23. The van der Waals surface area contributed by atoms with E-state index in [0.717, 1.165) is 30.4 Å². The predicted molar refractivity (Wildman–Crippen MR) is 105 cm³/mol. The van der Waals surface area contributed by atoms with Crippen LogP contribution >= 0.6 is 0 Å². The predicted octanol–water partition coefficient (Wildman–Crippen LogP) is 6.13. The second kappa shape index (κ2) is 9.69. The monoisotopic (exact) mass is 388 g/mol. The summed E-state index contributed by atoms with van der Waals surface area (Å²) in [4.78, 5) is 0. The van der Waals surface area contributed by atoms with Crippen molar-refractivity contribution in [3.05, 3.63) is 70.8 Å². The maximum atomic E-state index is 14.1. The molecule has 150 valence electrons. The van der Waals surface area contributed by atoms with Crippen molar-refractivity contribution in [1.82, 2.24) is 0 Å². The standard InChI is InChI=1S/C23H26F2O3/c1-3-5-16-8-11-19(27-14-16)18-9-6-17(7-10-18)15-28-21-13-12-20(26-4-2)22(24)23(21)25/h6-10,12-13,19H,3-5,11,14-15H2,1-2H3. The van der Waals surface area contributed by atoms with Gasteiger partial charge in [0.25, 0.3) is 0 Å². The van der Waals surface area contributed by atoms with Gasteiger partial charge in [-0.3, -0.25) is 0 Å². The normalized spacial score (nSPS) is 16.6. The average molecular weight is 388 g/mol. The molecule has 5 heteroatoms. The lowest BCUT2D eigenvalue weighted by molar-refractivity contribution is 0.0599. The Balaban J connectivity index is 1.59. The van der Waals surface area contributed by atoms with Crippen LogP contribution < -0.4 is 9.47 Å². The Hall–Kier alpha value is -2.40. The molecule has 0 radical (unpaired) electrons. The van der Waals surface area contributed by atoms with E-state index >= 15 is 0 Å². The van der Waals surface area contributed by atoms with Crippen molar-refractivity contribution in [2.45, 2.75) is 45.8 Å². The second-order valence-corrected chi connectivity index (χ2v) is 6.80. The first-order chi connectivity index (χ1) is 13.6. The van der Waals surface area contributed by atoms with Gasteiger partial charge < -0.3 is 14.2 Å². The Morgan fingerprint density at radius 2 is 1.64 bits per heavy atom. The second-order valence-electron chi connectivity index (χ2n) is 6.80. The first-order valence-corrected chi connectivity index (χ1v) is 9.74. The number of halogens is 2. The minimum Gasteiger partial charge on any atom is -0.491 e. The topological polar surface area (TPSA) is 27.7 Å². The molecule has 0 N–H and O–H groups in total. The number of benzene rings is 2. The smallest absolute Gasteiger partial charge is 0.204 e. The highest BCUT2D eigenvalue weighted by Gasteiger charge is 2.17. The summed E-state index contributed by atoms with van der Waals surface area (Å²) < 4.78 is 44.4. The van der Waals surface area contributed by atoms with Crippen LogP contribution in [0.3, 0.4) is 0 Å². The molecule has 3 nitrogen and oxygen atoms in total. The fraction of sp³-hybridized carbons (Fsp3) is 0.391. The van der Waals surface area contributed by atoms with Gasteiger partial charge in [0.15, 0.2) is 11.5 Å². The number of rotatable bonds is 8. The zero-order valence-electron chi connectivity index (χ0n) is 16.3. The molecule has 0 aromatic heterocycles. The Kier molecular flexibility index (Phi) is 7.04. The molecule has 1 atom stereocenters. The Morgan fingerprint density at radius 3 is 2.21 bits per heavy atom. The summed E-state index contributed by atoms with van der Waals surface area (Å²) in [6.45, 7) is 4.98. The molecule has 1 unspecified atom stereocenters. The third kappa shape index (κ3) is 4.90. The average Bonchev–Trinajstić information content (AvgIpc) is 2.72. The van der Waals surface area contributed by atoms with Gasteiger partial charge in [0, 0.05) is 0 Å². The van der Waals surface area contributed by atoms with E-state index in [9.17, 15) is 8.78 Å². The van der Waals surface area contributed by atoms with Crippen LogP contribution in [0.4, 0.5) is 8.78 Å². The highest BCUT2D eigenvalue weighted by molar-refractivity contribution is 5.35. The Morgan fingerprint density at radius 1 is 0.964 bits per heavy atom. The first-order valence-electron chi connectivity index (χ1n) is 9.74. The molecule has 0 amide bonds. The van der Waals surface area contributed by atoms with Crippen LogP contribution in [0.5, 0.6) is 11.5 Å². The van der Waals surface area contributed by atoms with Gasteiger partial charge in [0.2, 0.25) is 11.6 Å². The Bertz CT molecular complexity index is 815. The summed E-state index contributed by atoms with van der Waals surface area (Å²) >= 11 is 0. The lowest BCUT2D eigenvalue weighted by atomic mass is 10.00. The van der Waals surface area contributed by atoms with E-state index in [1.54, 1.807) is 6.92 Å². The van der Waals surface area contributed by atoms with E-state index in [4.69, 9.17) is 14.2 Å². The van der Waals surface area contributed by atoms with Crippen LogP contribution in [-0.4, -0.2) is 13.2 Å². The van der Waals surface area contributed by atoms with E-state index in [2.05, 4.69) is 13.0 Å². The zero-order chi connectivity index (χ0) is 19.9. The van der Waals surface area contributed by atoms with Gasteiger partial charge in [-0.2, -0.15) is 8.78 Å². The van der Waals surface area contributed by atoms with Gasteiger partial charge in [-0.05, 0) is 48.6 Å². The van der Waals surface area contributed by atoms with E-state index in [1.165, 1.54) is 17.7 Å². The minimum absolute atomic E-state index is 0.0632. The maximum Gasteiger partial charge on any atom is 0.204 e. The van der Waals surface area contributed by atoms with Gasteiger partial charge in [0.1, 0.15) is 6.61 Å². The minimum atomic E-state index is -1.03. The summed E-state index contributed by atoms with van der Waals surface area (Å²) in [7, 11) is 0. The summed E-state index contributed by atoms with van der Waals surface area (Å²) in [6, 6.07) is 10.6. The largest absolute Gasteiger partial charge is 0.491 e. The summed E-state index contributed by atoms with van der Waals surface area (Å²) in [6.07, 6.45) is 5.44. The van der Waals surface area contributed by atoms with Crippen LogP contribution in [0.1, 0.15) is 50.3 Å². The van der Waals surface area contributed by atoms with Gasteiger partial charge in [-0.1, -0.05) is 43.7 Å². The molecule has 2 aromatic carbocycles. The SMILES string of the molecule is CCCC1=CCC(c2ccc(COc3ccc(OCC)c(F)c3F)cc2)OC1. The first kappa shape index (κ1) is 20.3. The molecule has 1 aliphatic rings. The van der Waals surface area contributed by atoms with E-state index in [0.29, 0.717) is 6.61 Å². The molecule has 1 heterocycles. The van der Waals surface area contributed by atoms with E-state index in [1.807, 2.05) is 24.3 Å². The fourth-order valence-electron chi connectivity index (χ4n) is 3.22. The van der Waals surface area contributed by atoms with Gasteiger partial charge in [-0.25, -0.2) is 0 Å². The number of ether oxygens (including phenoxy) is 3. The highest BCUT2D eigenvalue weighted by atomic mass is 19.2. The number of hydrogen-bond donors (Lipinski definition) is 0. The van der Waals surface area contributed by atoms with Crippen molar-refractivity contribution in [1.29, 1.82) is 0 Å². The van der Waals surface area contributed by atoms with Crippen molar-refractivity contribution >= 4 is 0 Å². The quantitative estimate of drug-likeness (QED) is 0.509. The molecule has 0 bridgehead atoms. The van der Waals surface area contributed by atoms with Crippen molar-refractivity contribution in [2.24, 2.45) is 0 Å². The molecule has 0 aliphatic carbocycles. The van der Waals surface area contributed by atoms with Gasteiger partial charge in [-0.15, -0.1) is 0 Å². The van der Waals surface area contributed by atoms with Crippen molar-refractivity contribution < 1.29 is 23.0 Å². The molecule has 2 aromatic rings. The number of hydrogen-bond acceptors (Lipinski definition) is 3. The highest BCUT2D eigenvalue weighted by Crippen LogP contribution is 2.30. The van der Waals surface area contributed by atoms with Crippen LogP contribution in [0.15, 0.2) is 48.0 Å². The molecule has 1 aliphatic heterocycles. The third-order valence-electron chi connectivity index (χ3n) is 4.72. The van der Waals surface area contributed by atoms with Gasteiger partial charge in [0.05, 0.1) is 19.3 Å². The van der Waals surface area contributed by atoms with Crippen molar-refractivity contribution in [3.8, 4) is 11.5 Å². The zero-order valence-corrected chi connectivity index (χ0v) is 16.3. The summed E-state index contributed by atoms with van der Waals surface area (Å²) in [5.74, 6) is -2.30. The molecule has 0 saturated heterocycles. The van der Waals surface area contributed by atoms with Crippen molar-refractivity contribution in [3.63, 3.8) is 0 Å². The third-order valence-corrected chi connectivity index (χ3v) is 4.72. The van der Waals surface area contributed by atoms with Crippen LogP contribution in [-0.2, 0) is 11.3 Å². The summed E-state index contributed by atoms with van der Waals surface area (Å²) in [5, 5.41) is 0. The molecule has 0 spiro atoms. The lowest BCUT2D eigenvalue weighted by Crippen LogP contribution is -2.12. The molecular formula is C23H26F2O3. The maximum absolute atomic E-state index is 14.1. The summed E-state index contributed by atoms with van der Waals surface area (Å²) in [5.41, 5.74) is 3.35. The Labute approximate surface area is 164 Å². The van der Waals surface area contributed by atoms with Crippen LogP contribution in [0, 0.1) is 11.6 Å². The molecule has 0 saturated carbocycles. The molecule has 28 heavy (non-hydrogen) atoms. The molecular weight excluding hydrogens is 362 g/mol. The molecule has 0 fully saturated rings. The van der Waals surface area contributed by atoms with Crippen molar-refractivity contribution in [2.75, 3.05) is 13.2 Å².